The second-order valence-electron chi connectivity index (χ2n) is 6.35. The summed E-state index contributed by atoms with van der Waals surface area (Å²) in [5.41, 5.74) is 3.21. The number of hydrogen-bond donors (Lipinski definition) is 0. The van der Waals surface area contributed by atoms with Gasteiger partial charge in [0.15, 0.2) is 5.58 Å². The van der Waals surface area contributed by atoms with E-state index in [0.717, 1.165) is 26.7 Å². The molecule has 4 nitrogen and oxygen atoms in total. The van der Waals surface area contributed by atoms with Crippen molar-refractivity contribution in [3.63, 3.8) is 0 Å². The van der Waals surface area contributed by atoms with E-state index in [2.05, 4.69) is 25.5 Å². The summed E-state index contributed by atoms with van der Waals surface area (Å²) in [5.74, 6) is 0. The molecule has 0 aliphatic rings. The molecule has 0 N–H and O–H groups in total. The largest absolute Gasteiger partial charge is 0.591 e. The zero-order chi connectivity index (χ0) is 17.3. The molecule has 1 heterocycles. The van der Waals surface area contributed by atoms with Crippen LogP contribution in [0.25, 0.3) is 22.2 Å². The SMILES string of the molecule is CC(C)(C)[S+]([O-])/N=C/c1ccccc1-c1noc2cc(Br)ccc12. The highest BCUT2D eigenvalue weighted by atomic mass is 79.9. The molecule has 0 radical (unpaired) electrons. The maximum atomic E-state index is 12.2. The van der Waals surface area contributed by atoms with Gasteiger partial charge in [0.25, 0.3) is 0 Å². The number of fused-ring (bicyclic) bond motifs is 1. The fourth-order valence-corrected chi connectivity index (χ4v) is 3.06. The predicted molar refractivity (Wildman–Crippen MR) is 103 cm³/mol. The molecule has 1 aromatic heterocycles. The summed E-state index contributed by atoms with van der Waals surface area (Å²) in [4.78, 5) is 0. The Balaban J connectivity index is 2.04. The highest BCUT2D eigenvalue weighted by Crippen LogP contribution is 2.31. The van der Waals surface area contributed by atoms with Crippen molar-refractivity contribution >= 4 is 44.5 Å². The highest BCUT2D eigenvalue weighted by molar-refractivity contribution is 9.10. The molecule has 0 aliphatic heterocycles. The molecule has 0 saturated heterocycles. The number of aromatic nitrogens is 1. The van der Waals surface area contributed by atoms with Crippen LogP contribution < -0.4 is 0 Å². The molecule has 24 heavy (non-hydrogen) atoms. The van der Waals surface area contributed by atoms with Gasteiger partial charge in [0, 0.05) is 21.0 Å². The summed E-state index contributed by atoms with van der Waals surface area (Å²) in [6.07, 6.45) is 1.65. The molecule has 0 saturated carbocycles. The van der Waals surface area contributed by atoms with E-state index in [1.165, 1.54) is 0 Å². The fourth-order valence-electron chi connectivity index (χ4n) is 2.19. The summed E-state index contributed by atoms with van der Waals surface area (Å²) < 4.78 is 22.4. The minimum Gasteiger partial charge on any atom is -0.591 e. The predicted octanol–water partition coefficient (Wildman–Crippen LogP) is 5.14. The molecule has 0 bridgehead atoms. The van der Waals surface area contributed by atoms with Gasteiger partial charge < -0.3 is 9.08 Å². The Kier molecular flexibility index (Phi) is 4.80. The van der Waals surface area contributed by atoms with Crippen LogP contribution in [0.15, 0.2) is 55.9 Å². The topological polar surface area (TPSA) is 61.5 Å². The highest BCUT2D eigenvalue weighted by Gasteiger charge is 2.26. The van der Waals surface area contributed by atoms with Crippen LogP contribution in [0.5, 0.6) is 0 Å². The Labute approximate surface area is 152 Å². The van der Waals surface area contributed by atoms with Crippen LogP contribution in [0.1, 0.15) is 26.3 Å². The quantitative estimate of drug-likeness (QED) is 0.448. The molecule has 3 rings (SSSR count). The third kappa shape index (κ3) is 3.55. The van der Waals surface area contributed by atoms with E-state index in [9.17, 15) is 4.55 Å². The monoisotopic (exact) mass is 404 g/mol. The third-order valence-corrected chi connectivity index (χ3v) is 5.30. The maximum absolute atomic E-state index is 12.2. The molecule has 0 aliphatic carbocycles. The maximum Gasteiger partial charge on any atom is 0.168 e. The van der Waals surface area contributed by atoms with Gasteiger partial charge in [0.1, 0.15) is 21.8 Å². The van der Waals surface area contributed by atoms with Crippen molar-refractivity contribution in [2.24, 2.45) is 4.40 Å². The molecule has 1 unspecified atom stereocenters. The van der Waals surface area contributed by atoms with Crippen molar-refractivity contribution < 1.29 is 9.08 Å². The molecule has 0 amide bonds. The molecular formula is C18H17BrN2O2S. The summed E-state index contributed by atoms with van der Waals surface area (Å²) in [7, 11) is 0. The van der Waals surface area contributed by atoms with E-state index in [1.807, 2.05) is 63.2 Å². The first-order valence-corrected chi connectivity index (χ1v) is 9.36. The second-order valence-corrected chi connectivity index (χ2v) is 9.20. The summed E-state index contributed by atoms with van der Waals surface area (Å²) in [6, 6.07) is 13.5. The van der Waals surface area contributed by atoms with Crippen LogP contribution in [-0.4, -0.2) is 20.7 Å². The molecular weight excluding hydrogens is 388 g/mol. The van der Waals surface area contributed by atoms with Crippen molar-refractivity contribution in [1.29, 1.82) is 0 Å². The van der Waals surface area contributed by atoms with Crippen molar-refractivity contribution in [2.75, 3.05) is 0 Å². The molecule has 0 fully saturated rings. The number of halogens is 1. The van der Waals surface area contributed by atoms with Gasteiger partial charge in [-0.15, -0.1) is 0 Å². The van der Waals surface area contributed by atoms with Gasteiger partial charge in [-0.2, -0.15) is 0 Å². The lowest BCUT2D eigenvalue weighted by molar-refractivity contribution is 0.459. The van der Waals surface area contributed by atoms with Crippen LogP contribution in [0, 0.1) is 0 Å². The van der Waals surface area contributed by atoms with Crippen LogP contribution >= 0.6 is 15.9 Å². The van der Waals surface area contributed by atoms with E-state index < -0.39 is 16.1 Å². The van der Waals surface area contributed by atoms with Gasteiger partial charge in [-0.3, -0.25) is 0 Å². The van der Waals surface area contributed by atoms with Gasteiger partial charge in [-0.1, -0.05) is 49.7 Å². The normalized spacial score (nSPS) is 13.7. The van der Waals surface area contributed by atoms with Gasteiger partial charge in [-0.05, 0) is 39.0 Å². The Morgan fingerprint density at radius 1 is 1.21 bits per heavy atom. The van der Waals surface area contributed by atoms with Gasteiger partial charge in [-0.25, -0.2) is 0 Å². The lowest BCUT2D eigenvalue weighted by Crippen LogP contribution is -2.25. The van der Waals surface area contributed by atoms with E-state index in [0.29, 0.717) is 5.58 Å². The van der Waals surface area contributed by atoms with Crippen molar-refractivity contribution in [2.45, 2.75) is 25.5 Å². The Morgan fingerprint density at radius 2 is 1.96 bits per heavy atom. The molecule has 3 aromatic rings. The summed E-state index contributed by atoms with van der Waals surface area (Å²) >= 11 is 2.13. The Morgan fingerprint density at radius 3 is 2.71 bits per heavy atom. The average Bonchev–Trinajstić information content (AvgIpc) is 2.94. The first-order chi connectivity index (χ1) is 11.4. The summed E-state index contributed by atoms with van der Waals surface area (Å²) in [5, 5.41) is 5.14. The second kappa shape index (κ2) is 6.70. The molecule has 2 aromatic carbocycles. The first-order valence-electron chi connectivity index (χ1n) is 7.46. The molecule has 6 heteroatoms. The molecule has 1 atom stereocenters. The molecule has 0 spiro atoms. The molecule has 124 valence electrons. The van der Waals surface area contributed by atoms with Crippen molar-refractivity contribution in [3.8, 4) is 11.3 Å². The van der Waals surface area contributed by atoms with Crippen LogP contribution in [0.2, 0.25) is 0 Å². The van der Waals surface area contributed by atoms with Crippen LogP contribution in [0.4, 0.5) is 0 Å². The van der Waals surface area contributed by atoms with Gasteiger partial charge >= 0.3 is 0 Å². The Bertz CT molecular complexity index is 899. The van der Waals surface area contributed by atoms with E-state index >= 15 is 0 Å². The minimum absolute atomic E-state index is 0.391. The minimum atomic E-state index is -1.30. The Hall–Kier alpha value is -1.63. The number of hydrogen-bond acceptors (Lipinski definition) is 4. The van der Waals surface area contributed by atoms with E-state index in [-0.39, 0.29) is 0 Å². The summed E-state index contributed by atoms with van der Waals surface area (Å²) in [6.45, 7) is 5.69. The zero-order valence-electron chi connectivity index (χ0n) is 13.6. The first kappa shape index (κ1) is 17.2. The fraction of sp³-hybridized carbons (Fsp3) is 0.222. The number of nitrogens with zero attached hydrogens (tertiary/aromatic N) is 2. The lowest BCUT2D eigenvalue weighted by atomic mass is 10.0. The van der Waals surface area contributed by atoms with Gasteiger partial charge in [0.05, 0.1) is 6.21 Å². The number of benzene rings is 2. The van der Waals surface area contributed by atoms with E-state index in [4.69, 9.17) is 4.52 Å². The van der Waals surface area contributed by atoms with E-state index in [1.54, 1.807) is 6.21 Å². The van der Waals surface area contributed by atoms with Crippen LogP contribution in [-0.2, 0) is 11.4 Å². The van der Waals surface area contributed by atoms with Crippen molar-refractivity contribution in [3.05, 3.63) is 52.5 Å². The standard InChI is InChI=1S/C18H17BrN2O2S/c1-18(2,3)24(22)20-11-12-6-4-5-7-14(12)17-15-9-8-13(19)10-16(15)23-21-17/h4-11H,1-3H3/b20-11+. The smallest absolute Gasteiger partial charge is 0.168 e. The average molecular weight is 405 g/mol. The van der Waals surface area contributed by atoms with Crippen LogP contribution in [0.3, 0.4) is 0 Å². The third-order valence-electron chi connectivity index (χ3n) is 3.46. The zero-order valence-corrected chi connectivity index (χ0v) is 16.0. The number of rotatable bonds is 3. The van der Waals surface area contributed by atoms with Crippen molar-refractivity contribution in [1.82, 2.24) is 5.16 Å². The van der Waals surface area contributed by atoms with Gasteiger partial charge in [0.2, 0.25) is 0 Å². The lowest BCUT2D eigenvalue weighted by Gasteiger charge is -2.17.